The molecule has 4 aromatic rings. The quantitative estimate of drug-likeness (QED) is 0.383. The fourth-order valence-electron chi connectivity index (χ4n) is 3.09. The molecule has 1 unspecified atom stereocenters. The Morgan fingerprint density at radius 3 is 2.76 bits per heavy atom. The fraction of sp³-hybridized carbons (Fsp3) is 0.143. The highest BCUT2D eigenvalue weighted by atomic mass is 16.6. The number of ether oxygens (including phenoxy) is 1. The summed E-state index contributed by atoms with van der Waals surface area (Å²) >= 11 is 0. The number of nitro benzene ring substituents is 1. The van der Waals surface area contributed by atoms with Gasteiger partial charge in [0.2, 0.25) is 0 Å². The number of nitrogens with zero attached hydrogens (tertiary/aromatic N) is 2. The summed E-state index contributed by atoms with van der Waals surface area (Å²) in [4.78, 5) is 30.1. The first-order valence-corrected chi connectivity index (χ1v) is 9.04. The predicted octanol–water partition coefficient (Wildman–Crippen LogP) is 3.88. The number of hydrogen-bond acceptors (Lipinski definition) is 5. The normalized spacial score (nSPS) is 12.0. The minimum Gasteiger partial charge on any atom is -0.484 e. The van der Waals surface area contributed by atoms with Crippen LogP contribution in [0.1, 0.15) is 18.8 Å². The van der Waals surface area contributed by atoms with Gasteiger partial charge in [-0.2, -0.15) is 0 Å². The Hall–Kier alpha value is -3.94. The van der Waals surface area contributed by atoms with Crippen LogP contribution < -0.4 is 10.1 Å². The third-order valence-corrected chi connectivity index (χ3v) is 4.57. The zero-order valence-electron chi connectivity index (χ0n) is 15.6. The minimum atomic E-state index is -0.463. The van der Waals surface area contributed by atoms with Crippen molar-refractivity contribution in [1.29, 1.82) is 0 Å². The lowest BCUT2D eigenvalue weighted by atomic mass is 10.1. The van der Waals surface area contributed by atoms with Gasteiger partial charge in [0, 0.05) is 12.1 Å². The maximum Gasteiger partial charge on any atom is 0.271 e. The molecule has 1 atom stereocenters. The van der Waals surface area contributed by atoms with Crippen molar-refractivity contribution < 1.29 is 14.5 Å². The number of nitro groups is 1. The van der Waals surface area contributed by atoms with E-state index in [1.807, 2.05) is 42.5 Å². The van der Waals surface area contributed by atoms with Crippen LogP contribution in [0.15, 0.2) is 60.7 Å². The third kappa shape index (κ3) is 4.01. The number of carbonyl (C=O) groups is 1. The number of rotatable bonds is 6. The van der Waals surface area contributed by atoms with E-state index in [1.165, 1.54) is 12.1 Å². The average molecular weight is 390 g/mol. The van der Waals surface area contributed by atoms with E-state index in [0.29, 0.717) is 22.6 Å². The smallest absolute Gasteiger partial charge is 0.271 e. The number of non-ortho nitro benzene ring substituents is 1. The van der Waals surface area contributed by atoms with E-state index in [9.17, 15) is 14.9 Å². The van der Waals surface area contributed by atoms with Crippen LogP contribution >= 0.6 is 0 Å². The van der Waals surface area contributed by atoms with E-state index in [1.54, 1.807) is 13.0 Å². The molecule has 0 aliphatic carbocycles. The molecule has 29 heavy (non-hydrogen) atoms. The van der Waals surface area contributed by atoms with Gasteiger partial charge in [0.1, 0.15) is 11.6 Å². The molecule has 1 heterocycles. The number of carbonyl (C=O) groups excluding carboxylic acids is 1. The van der Waals surface area contributed by atoms with Gasteiger partial charge in [-0.25, -0.2) is 4.98 Å². The van der Waals surface area contributed by atoms with Gasteiger partial charge in [0.25, 0.3) is 11.6 Å². The number of nitrogens with one attached hydrogen (secondary N) is 2. The van der Waals surface area contributed by atoms with E-state index in [4.69, 9.17) is 4.74 Å². The molecule has 4 rings (SSSR count). The second-order valence-electron chi connectivity index (χ2n) is 6.67. The van der Waals surface area contributed by atoms with Gasteiger partial charge in [-0.15, -0.1) is 0 Å². The van der Waals surface area contributed by atoms with Crippen molar-refractivity contribution in [2.24, 2.45) is 0 Å². The van der Waals surface area contributed by atoms with Gasteiger partial charge in [-0.1, -0.05) is 30.3 Å². The number of aromatic amines is 1. The number of imidazole rings is 1. The number of aromatic nitrogens is 2. The molecule has 0 fully saturated rings. The van der Waals surface area contributed by atoms with Crippen molar-refractivity contribution in [2.75, 3.05) is 6.61 Å². The summed E-state index contributed by atoms with van der Waals surface area (Å²) in [5, 5.41) is 15.8. The molecule has 0 spiro atoms. The van der Waals surface area contributed by atoms with Crippen LogP contribution in [0, 0.1) is 10.1 Å². The van der Waals surface area contributed by atoms with Crippen molar-refractivity contribution in [1.82, 2.24) is 15.3 Å². The first kappa shape index (κ1) is 18.4. The molecule has 0 radical (unpaired) electrons. The number of hydrogen-bond donors (Lipinski definition) is 2. The third-order valence-electron chi connectivity index (χ3n) is 4.57. The zero-order chi connectivity index (χ0) is 20.4. The topological polar surface area (TPSA) is 110 Å². The lowest BCUT2D eigenvalue weighted by Gasteiger charge is -2.12. The fourth-order valence-corrected chi connectivity index (χ4v) is 3.09. The highest BCUT2D eigenvalue weighted by Gasteiger charge is 2.16. The van der Waals surface area contributed by atoms with Crippen LogP contribution in [-0.4, -0.2) is 27.4 Å². The summed E-state index contributed by atoms with van der Waals surface area (Å²) in [5.74, 6) is 0.833. The molecule has 146 valence electrons. The van der Waals surface area contributed by atoms with E-state index < -0.39 is 11.0 Å². The Kier molecular flexibility index (Phi) is 4.82. The molecular weight excluding hydrogens is 372 g/mol. The van der Waals surface area contributed by atoms with E-state index in [2.05, 4.69) is 15.3 Å². The first-order chi connectivity index (χ1) is 14.0. The van der Waals surface area contributed by atoms with Crippen molar-refractivity contribution in [3.63, 3.8) is 0 Å². The van der Waals surface area contributed by atoms with Gasteiger partial charge in [-0.3, -0.25) is 14.9 Å². The highest BCUT2D eigenvalue weighted by Crippen LogP contribution is 2.22. The summed E-state index contributed by atoms with van der Waals surface area (Å²) < 4.78 is 5.60. The highest BCUT2D eigenvalue weighted by molar-refractivity contribution is 5.84. The molecule has 1 aromatic heterocycles. The van der Waals surface area contributed by atoms with E-state index >= 15 is 0 Å². The van der Waals surface area contributed by atoms with Crippen molar-refractivity contribution in [3.05, 3.63) is 76.6 Å². The summed E-state index contributed by atoms with van der Waals surface area (Å²) in [6.07, 6.45) is 0. The average Bonchev–Trinajstić information content (AvgIpc) is 3.15. The number of amides is 1. The summed E-state index contributed by atoms with van der Waals surface area (Å²) in [6.45, 7) is 1.65. The standard InChI is InChI=1S/C21H18N4O4/c1-13(21-23-18-9-7-16(25(27)28)11-19(18)24-21)22-20(26)12-29-17-8-6-14-4-2-3-5-15(14)10-17/h2-11,13H,12H2,1H3,(H,22,26)(H,23,24). The molecule has 0 aliphatic rings. The summed E-state index contributed by atoms with van der Waals surface area (Å²) in [6, 6.07) is 17.5. The molecule has 0 saturated carbocycles. The second kappa shape index (κ2) is 7.59. The zero-order valence-corrected chi connectivity index (χ0v) is 15.6. The summed E-state index contributed by atoms with van der Waals surface area (Å²) in [7, 11) is 0. The van der Waals surface area contributed by atoms with Crippen LogP contribution in [0.4, 0.5) is 5.69 Å². The number of fused-ring (bicyclic) bond motifs is 2. The van der Waals surface area contributed by atoms with Crippen LogP contribution in [0.3, 0.4) is 0 Å². The molecule has 0 saturated heterocycles. The van der Waals surface area contributed by atoms with Gasteiger partial charge in [-0.05, 0) is 35.9 Å². The van der Waals surface area contributed by atoms with Crippen LogP contribution in [0.5, 0.6) is 5.75 Å². The Balaban J connectivity index is 1.39. The Labute approximate surface area is 165 Å². The SMILES string of the molecule is CC(NC(=O)COc1ccc2ccccc2c1)c1nc2ccc([N+](=O)[O-])cc2[nH]1. The lowest BCUT2D eigenvalue weighted by Crippen LogP contribution is -2.31. The van der Waals surface area contributed by atoms with Crippen molar-refractivity contribution in [2.45, 2.75) is 13.0 Å². The maximum absolute atomic E-state index is 12.3. The van der Waals surface area contributed by atoms with Gasteiger partial charge in [0.15, 0.2) is 6.61 Å². The molecule has 0 bridgehead atoms. The largest absolute Gasteiger partial charge is 0.484 e. The Bertz CT molecular complexity index is 1220. The molecule has 0 aliphatic heterocycles. The molecule has 3 aromatic carbocycles. The molecule has 1 amide bonds. The van der Waals surface area contributed by atoms with Crippen LogP contribution in [-0.2, 0) is 4.79 Å². The molecule has 2 N–H and O–H groups in total. The monoisotopic (exact) mass is 390 g/mol. The Morgan fingerprint density at radius 1 is 1.17 bits per heavy atom. The van der Waals surface area contributed by atoms with Crippen LogP contribution in [0.25, 0.3) is 21.8 Å². The second-order valence-corrected chi connectivity index (χ2v) is 6.67. The number of H-pyrrole nitrogens is 1. The van der Waals surface area contributed by atoms with Crippen LogP contribution in [0.2, 0.25) is 0 Å². The maximum atomic E-state index is 12.3. The molecular formula is C21H18N4O4. The number of benzene rings is 3. The van der Waals surface area contributed by atoms with E-state index in [0.717, 1.165) is 10.8 Å². The summed E-state index contributed by atoms with van der Waals surface area (Å²) in [5.41, 5.74) is 1.12. The predicted molar refractivity (Wildman–Crippen MR) is 109 cm³/mol. The minimum absolute atomic E-state index is 0.0202. The molecule has 8 heteroatoms. The van der Waals surface area contributed by atoms with E-state index in [-0.39, 0.29) is 18.2 Å². The Morgan fingerprint density at radius 2 is 1.97 bits per heavy atom. The van der Waals surface area contributed by atoms with Gasteiger partial charge in [0.05, 0.1) is 22.0 Å². The lowest BCUT2D eigenvalue weighted by molar-refractivity contribution is -0.384. The van der Waals surface area contributed by atoms with Crippen molar-refractivity contribution >= 4 is 33.4 Å². The van der Waals surface area contributed by atoms with Crippen molar-refractivity contribution in [3.8, 4) is 5.75 Å². The first-order valence-electron chi connectivity index (χ1n) is 9.04. The van der Waals surface area contributed by atoms with Gasteiger partial charge >= 0.3 is 0 Å². The van der Waals surface area contributed by atoms with Gasteiger partial charge < -0.3 is 15.0 Å². The molecule has 8 nitrogen and oxygen atoms in total.